The van der Waals surface area contributed by atoms with E-state index >= 15 is 0 Å². The van der Waals surface area contributed by atoms with Crippen LogP contribution in [0.4, 0.5) is 5.82 Å². The molecule has 2 rings (SSSR count). The molecule has 14 heavy (non-hydrogen) atoms. The fraction of sp³-hybridized carbons (Fsp3) is 0.111. The van der Waals surface area contributed by atoms with Crippen molar-refractivity contribution in [2.24, 2.45) is 0 Å². The van der Waals surface area contributed by atoms with Crippen molar-refractivity contribution >= 4 is 17.3 Å². The van der Waals surface area contributed by atoms with Crippen LogP contribution < -0.4 is 5.73 Å². The van der Waals surface area contributed by atoms with E-state index in [0.29, 0.717) is 11.4 Å². The van der Waals surface area contributed by atoms with Gasteiger partial charge in [-0.2, -0.15) is 5.10 Å². The summed E-state index contributed by atoms with van der Waals surface area (Å²) in [4.78, 5) is 11.2. The molecule has 2 heterocycles. The summed E-state index contributed by atoms with van der Waals surface area (Å²) in [6.07, 6.45) is 1.66. The van der Waals surface area contributed by atoms with Crippen LogP contribution in [-0.4, -0.2) is 22.7 Å². The first-order valence-corrected chi connectivity index (χ1v) is 4.04. The molecule has 0 aliphatic carbocycles. The van der Waals surface area contributed by atoms with Crippen LogP contribution in [0.25, 0.3) is 5.52 Å². The van der Waals surface area contributed by atoms with E-state index in [2.05, 4.69) is 9.84 Å². The molecule has 5 nitrogen and oxygen atoms in total. The van der Waals surface area contributed by atoms with E-state index in [1.54, 1.807) is 28.9 Å². The van der Waals surface area contributed by atoms with Crippen molar-refractivity contribution in [1.29, 1.82) is 0 Å². The van der Waals surface area contributed by atoms with E-state index in [1.807, 2.05) is 0 Å². The lowest BCUT2D eigenvalue weighted by Gasteiger charge is -1.98. The molecule has 0 amide bonds. The molecule has 0 fully saturated rings. The van der Waals surface area contributed by atoms with Crippen LogP contribution in [0.2, 0.25) is 0 Å². The number of aromatic nitrogens is 2. The molecule has 2 aromatic heterocycles. The number of hydrogen-bond donors (Lipinski definition) is 1. The van der Waals surface area contributed by atoms with E-state index in [-0.39, 0.29) is 5.97 Å². The van der Waals surface area contributed by atoms with Crippen molar-refractivity contribution in [3.8, 4) is 0 Å². The molecule has 0 bridgehead atoms. The first-order valence-electron chi connectivity index (χ1n) is 4.04. The molecule has 72 valence electrons. The van der Waals surface area contributed by atoms with Crippen molar-refractivity contribution in [3.05, 3.63) is 30.0 Å². The maximum Gasteiger partial charge on any atom is 0.337 e. The number of nitrogens with zero attached hydrogens (tertiary/aromatic N) is 2. The Morgan fingerprint density at radius 1 is 1.57 bits per heavy atom. The van der Waals surface area contributed by atoms with Crippen LogP contribution in [0.15, 0.2) is 24.4 Å². The van der Waals surface area contributed by atoms with Crippen LogP contribution in [0.1, 0.15) is 10.4 Å². The average Bonchev–Trinajstić information content (AvgIpc) is 2.55. The van der Waals surface area contributed by atoms with E-state index < -0.39 is 0 Å². The zero-order chi connectivity index (χ0) is 10.1. The predicted octanol–water partition coefficient (Wildman–Crippen LogP) is 0.703. The van der Waals surface area contributed by atoms with Gasteiger partial charge < -0.3 is 10.5 Å². The second-order valence-corrected chi connectivity index (χ2v) is 2.85. The fourth-order valence-corrected chi connectivity index (χ4v) is 1.26. The van der Waals surface area contributed by atoms with Crippen molar-refractivity contribution in [2.45, 2.75) is 0 Å². The highest BCUT2D eigenvalue weighted by atomic mass is 16.5. The van der Waals surface area contributed by atoms with Crippen LogP contribution in [0.3, 0.4) is 0 Å². The molecular weight excluding hydrogens is 182 g/mol. The molecule has 0 spiro atoms. The summed E-state index contributed by atoms with van der Waals surface area (Å²) in [5.41, 5.74) is 6.76. The maximum atomic E-state index is 11.2. The van der Waals surface area contributed by atoms with Crippen LogP contribution in [0.5, 0.6) is 0 Å². The quantitative estimate of drug-likeness (QED) is 0.674. The molecule has 0 saturated carbocycles. The van der Waals surface area contributed by atoms with Gasteiger partial charge in [0.25, 0.3) is 0 Å². The van der Waals surface area contributed by atoms with Crippen molar-refractivity contribution in [1.82, 2.24) is 9.61 Å². The SMILES string of the molecule is COC(=O)c1ccn2nc(N)cc2c1. The molecule has 0 radical (unpaired) electrons. The number of fused-ring (bicyclic) bond motifs is 1. The Kier molecular flexibility index (Phi) is 1.85. The smallest absolute Gasteiger partial charge is 0.337 e. The normalized spacial score (nSPS) is 10.4. The Morgan fingerprint density at radius 2 is 2.36 bits per heavy atom. The van der Waals surface area contributed by atoms with Crippen molar-refractivity contribution in [2.75, 3.05) is 12.8 Å². The first kappa shape index (κ1) is 8.55. The molecule has 0 aromatic carbocycles. The van der Waals surface area contributed by atoms with Gasteiger partial charge in [-0.05, 0) is 12.1 Å². The third-order valence-corrected chi connectivity index (χ3v) is 1.90. The number of carbonyl (C=O) groups excluding carboxylic acids is 1. The number of esters is 1. The highest BCUT2D eigenvalue weighted by molar-refractivity contribution is 5.90. The lowest BCUT2D eigenvalue weighted by atomic mass is 10.2. The van der Waals surface area contributed by atoms with E-state index in [1.165, 1.54) is 7.11 Å². The molecule has 2 aromatic rings. The molecular formula is C9H9N3O2. The number of rotatable bonds is 1. The maximum absolute atomic E-state index is 11.2. The van der Waals surface area contributed by atoms with Gasteiger partial charge in [-0.15, -0.1) is 0 Å². The summed E-state index contributed by atoms with van der Waals surface area (Å²) in [6, 6.07) is 4.99. The standard InChI is InChI=1S/C9H9N3O2/c1-14-9(13)6-2-3-12-7(4-6)5-8(10)11-12/h2-5H,1H3,(H2,10,11). The van der Waals surface area contributed by atoms with E-state index in [4.69, 9.17) is 5.73 Å². The fourth-order valence-electron chi connectivity index (χ4n) is 1.26. The number of methoxy groups -OCH3 is 1. The molecule has 0 aliphatic heterocycles. The minimum Gasteiger partial charge on any atom is -0.465 e. The van der Waals surface area contributed by atoms with Crippen LogP contribution in [0, 0.1) is 0 Å². The third-order valence-electron chi connectivity index (χ3n) is 1.90. The summed E-state index contributed by atoms with van der Waals surface area (Å²) in [7, 11) is 1.34. The Labute approximate surface area is 80.1 Å². The number of pyridine rings is 1. The molecule has 0 atom stereocenters. The molecule has 2 N–H and O–H groups in total. The van der Waals surface area contributed by atoms with Crippen LogP contribution >= 0.6 is 0 Å². The monoisotopic (exact) mass is 191 g/mol. The lowest BCUT2D eigenvalue weighted by molar-refractivity contribution is 0.0600. The number of carbonyl (C=O) groups is 1. The largest absolute Gasteiger partial charge is 0.465 e. The van der Waals surface area contributed by atoms with E-state index in [0.717, 1.165) is 5.52 Å². The van der Waals surface area contributed by atoms with Gasteiger partial charge in [0.15, 0.2) is 0 Å². The zero-order valence-corrected chi connectivity index (χ0v) is 7.60. The molecule has 0 unspecified atom stereocenters. The number of hydrogen-bond acceptors (Lipinski definition) is 4. The molecule has 0 aliphatic rings. The van der Waals surface area contributed by atoms with Gasteiger partial charge in [-0.25, -0.2) is 9.31 Å². The average molecular weight is 191 g/mol. The number of anilines is 1. The second-order valence-electron chi connectivity index (χ2n) is 2.85. The zero-order valence-electron chi connectivity index (χ0n) is 7.60. The lowest BCUT2D eigenvalue weighted by Crippen LogP contribution is -2.01. The Balaban J connectivity index is 2.55. The van der Waals surface area contributed by atoms with Gasteiger partial charge in [-0.1, -0.05) is 0 Å². The predicted molar refractivity (Wildman–Crippen MR) is 50.9 cm³/mol. The minimum atomic E-state index is -0.368. The second kappa shape index (κ2) is 3.02. The van der Waals surface area contributed by atoms with Gasteiger partial charge in [-0.3, -0.25) is 0 Å². The topological polar surface area (TPSA) is 69.6 Å². The van der Waals surface area contributed by atoms with Crippen molar-refractivity contribution in [3.63, 3.8) is 0 Å². The van der Waals surface area contributed by atoms with Gasteiger partial charge in [0.2, 0.25) is 0 Å². The molecule has 5 heteroatoms. The van der Waals surface area contributed by atoms with Gasteiger partial charge in [0, 0.05) is 12.3 Å². The van der Waals surface area contributed by atoms with Gasteiger partial charge in [0.05, 0.1) is 18.2 Å². The highest BCUT2D eigenvalue weighted by Gasteiger charge is 2.06. The number of nitrogens with two attached hydrogens (primary N) is 1. The molecule has 0 saturated heterocycles. The van der Waals surface area contributed by atoms with Gasteiger partial charge in [0.1, 0.15) is 5.82 Å². The summed E-state index contributed by atoms with van der Waals surface area (Å²) >= 11 is 0. The van der Waals surface area contributed by atoms with Crippen LogP contribution in [-0.2, 0) is 4.74 Å². The Morgan fingerprint density at radius 3 is 3.07 bits per heavy atom. The Hall–Kier alpha value is -2.04. The first-order chi connectivity index (χ1) is 6.70. The summed E-state index contributed by atoms with van der Waals surface area (Å²) in [5.74, 6) is 0.0549. The van der Waals surface area contributed by atoms with Crippen molar-refractivity contribution < 1.29 is 9.53 Å². The highest BCUT2D eigenvalue weighted by Crippen LogP contribution is 2.10. The number of ether oxygens (including phenoxy) is 1. The van der Waals surface area contributed by atoms with Gasteiger partial charge >= 0.3 is 5.97 Å². The summed E-state index contributed by atoms with van der Waals surface area (Å²) in [6.45, 7) is 0. The minimum absolute atomic E-state index is 0.368. The third kappa shape index (κ3) is 1.28. The Bertz CT molecular complexity index is 490. The van der Waals surface area contributed by atoms with E-state index in [9.17, 15) is 4.79 Å². The summed E-state index contributed by atoms with van der Waals surface area (Å²) < 4.78 is 6.19. The summed E-state index contributed by atoms with van der Waals surface area (Å²) in [5, 5.41) is 3.98. The number of nitrogen functional groups attached to an aromatic ring is 1.